The van der Waals surface area contributed by atoms with Crippen LogP contribution in [0.15, 0.2) is 41.3 Å². The summed E-state index contributed by atoms with van der Waals surface area (Å²) in [6.07, 6.45) is 2.69. The van der Waals surface area contributed by atoms with Gasteiger partial charge in [-0.2, -0.15) is 0 Å². The number of carbonyl (C=O) groups is 1. The molecule has 0 unspecified atom stereocenters. The summed E-state index contributed by atoms with van der Waals surface area (Å²) in [5.74, 6) is 1.10. The van der Waals surface area contributed by atoms with Crippen molar-refractivity contribution in [3.8, 4) is 11.5 Å². The second-order valence-corrected chi connectivity index (χ2v) is 8.62. The van der Waals surface area contributed by atoms with Crippen molar-refractivity contribution in [3.63, 3.8) is 0 Å². The minimum absolute atomic E-state index is 0.228. The maximum absolute atomic E-state index is 13.0. The van der Waals surface area contributed by atoms with Gasteiger partial charge in [-0.25, -0.2) is 0 Å². The van der Waals surface area contributed by atoms with Crippen LogP contribution in [0.3, 0.4) is 0 Å². The minimum atomic E-state index is -0.228. The van der Waals surface area contributed by atoms with Crippen LogP contribution in [0, 0.1) is 0 Å². The Morgan fingerprint density at radius 1 is 1.10 bits per heavy atom. The Hall–Kier alpha value is -1.73. The van der Waals surface area contributed by atoms with Gasteiger partial charge in [-0.15, -0.1) is 0 Å². The van der Waals surface area contributed by atoms with E-state index in [0.29, 0.717) is 49.7 Å². The summed E-state index contributed by atoms with van der Waals surface area (Å²) >= 11 is 18.9. The number of nitrogens with zero attached hydrogens (tertiary/aromatic N) is 1. The van der Waals surface area contributed by atoms with Crippen LogP contribution in [-0.4, -0.2) is 23.4 Å². The molecular formula is C21H19Cl2NO3S2. The molecule has 1 saturated heterocycles. The van der Waals surface area contributed by atoms with E-state index in [1.807, 2.05) is 32.0 Å². The van der Waals surface area contributed by atoms with E-state index in [0.717, 1.165) is 12.0 Å². The quantitative estimate of drug-likeness (QED) is 0.339. The highest BCUT2D eigenvalue weighted by Crippen LogP contribution is 2.40. The number of amides is 1. The molecule has 1 heterocycles. The molecule has 2 aromatic carbocycles. The monoisotopic (exact) mass is 467 g/mol. The van der Waals surface area contributed by atoms with E-state index < -0.39 is 0 Å². The molecule has 2 aromatic rings. The SMILES string of the molecule is CCCOc1ccc(/C=C2/SC(=S)N(c3ccc(Cl)cc3Cl)C2=O)cc1OCC. The molecule has 8 heteroatoms. The van der Waals surface area contributed by atoms with Gasteiger partial charge in [0, 0.05) is 5.02 Å². The Morgan fingerprint density at radius 3 is 2.59 bits per heavy atom. The van der Waals surface area contributed by atoms with Gasteiger partial charge in [0.05, 0.1) is 28.8 Å². The van der Waals surface area contributed by atoms with E-state index in [2.05, 4.69) is 0 Å². The second-order valence-electron chi connectivity index (χ2n) is 6.10. The molecule has 0 aliphatic carbocycles. The van der Waals surface area contributed by atoms with Crippen molar-refractivity contribution in [2.45, 2.75) is 20.3 Å². The van der Waals surface area contributed by atoms with Crippen LogP contribution in [0.2, 0.25) is 10.0 Å². The number of anilines is 1. The fourth-order valence-electron chi connectivity index (χ4n) is 2.70. The normalized spacial score (nSPS) is 15.3. The zero-order valence-electron chi connectivity index (χ0n) is 15.9. The maximum atomic E-state index is 13.0. The second kappa shape index (κ2) is 9.85. The van der Waals surface area contributed by atoms with E-state index in [1.54, 1.807) is 24.3 Å². The molecule has 1 amide bonds. The number of hydrogen-bond donors (Lipinski definition) is 0. The van der Waals surface area contributed by atoms with E-state index >= 15 is 0 Å². The highest BCUT2D eigenvalue weighted by Gasteiger charge is 2.34. The number of benzene rings is 2. The smallest absolute Gasteiger partial charge is 0.270 e. The molecule has 29 heavy (non-hydrogen) atoms. The fraction of sp³-hybridized carbons (Fsp3) is 0.238. The third-order valence-corrected chi connectivity index (χ3v) is 5.81. The zero-order chi connectivity index (χ0) is 21.0. The first-order chi connectivity index (χ1) is 13.9. The number of carbonyl (C=O) groups excluding carboxylic acids is 1. The molecule has 3 rings (SSSR count). The Morgan fingerprint density at radius 2 is 1.90 bits per heavy atom. The zero-order valence-corrected chi connectivity index (χ0v) is 19.1. The lowest BCUT2D eigenvalue weighted by Crippen LogP contribution is -2.27. The van der Waals surface area contributed by atoms with Crippen LogP contribution < -0.4 is 14.4 Å². The molecule has 1 aliphatic rings. The number of ether oxygens (including phenoxy) is 2. The number of halogens is 2. The average Bonchev–Trinajstić information content (AvgIpc) is 2.95. The molecule has 1 aliphatic heterocycles. The predicted octanol–water partition coefficient (Wildman–Crippen LogP) is 6.59. The fourth-order valence-corrected chi connectivity index (χ4v) is 4.48. The summed E-state index contributed by atoms with van der Waals surface area (Å²) < 4.78 is 11.8. The lowest BCUT2D eigenvalue weighted by molar-refractivity contribution is -0.113. The first-order valence-corrected chi connectivity index (χ1v) is 11.0. The van der Waals surface area contributed by atoms with E-state index in [9.17, 15) is 4.79 Å². The van der Waals surface area contributed by atoms with Gasteiger partial charge in [0.15, 0.2) is 15.8 Å². The Labute approximate surface area is 189 Å². The molecule has 1 fully saturated rings. The van der Waals surface area contributed by atoms with Gasteiger partial charge in [0.1, 0.15) is 0 Å². The average molecular weight is 468 g/mol. The number of rotatable bonds is 7. The van der Waals surface area contributed by atoms with Crippen LogP contribution in [0.25, 0.3) is 6.08 Å². The first kappa shape index (κ1) is 22.0. The van der Waals surface area contributed by atoms with Crippen LogP contribution in [0.4, 0.5) is 5.69 Å². The van der Waals surface area contributed by atoms with Crippen LogP contribution >= 0.6 is 47.2 Å². The van der Waals surface area contributed by atoms with Gasteiger partial charge >= 0.3 is 0 Å². The molecule has 0 spiro atoms. The van der Waals surface area contributed by atoms with Gasteiger partial charge in [-0.1, -0.05) is 60.2 Å². The van der Waals surface area contributed by atoms with Crippen molar-refractivity contribution >= 4 is 69.2 Å². The van der Waals surface area contributed by atoms with Gasteiger partial charge in [-0.05, 0) is 55.3 Å². The van der Waals surface area contributed by atoms with Crippen LogP contribution in [0.5, 0.6) is 11.5 Å². The van der Waals surface area contributed by atoms with E-state index in [1.165, 1.54) is 16.7 Å². The Balaban J connectivity index is 1.90. The van der Waals surface area contributed by atoms with Gasteiger partial charge < -0.3 is 9.47 Å². The molecule has 0 atom stereocenters. The van der Waals surface area contributed by atoms with E-state index in [-0.39, 0.29) is 5.91 Å². The summed E-state index contributed by atoms with van der Waals surface area (Å²) in [6, 6.07) is 10.5. The summed E-state index contributed by atoms with van der Waals surface area (Å²) in [6.45, 7) is 5.09. The molecule has 152 valence electrons. The highest BCUT2D eigenvalue weighted by molar-refractivity contribution is 8.27. The largest absolute Gasteiger partial charge is 0.490 e. The molecule has 0 saturated carbocycles. The summed E-state index contributed by atoms with van der Waals surface area (Å²) in [4.78, 5) is 14.9. The van der Waals surface area contributed by atoms with Gasteiger partial charge in [-0.3, -0.25) is 9.69 Å². The lowest BCUT2D eigenvalue weighted by Gasteiger charge is -2.16. The number of thiocarbonyl (C=S) groups is 1. The van der Waals surface area contributed by atoms with E-state index in [4.69, 9.17) is 44.9 Å². The van der Waals surface area contributed by atoms with Crippen molar-refractivity contribution in [1.82, 2.24) is 0 Å². The van der Waals surface area contributed by atoms with Crippen molar-refractivity contribution < 1.29 is 14.3 Å². The van der Waals surface area contributed by atoms with Crippen LogP contribution in [-0.2, 0) is 4.79 Å². The minimum Gasteiger partial charge on any atom is -0.490 e. The predicted molar refractivity (Wildman–Crippen MR) is 126 cm³/mol. The molecule has 4 nitrogen and oxygen atoms in total. The topological polar surface area (TPSA) is 38.8 Å². The third-order valence-electron chi connectivity index (χ3n) is 3.97. The Kier molecular flexibility index (Phi) is 7.46. The van der Waals surface area contributed by atoms with Crippen molar-refractivity contribution in [2.75, 3.05) is 18.1 Å². The maximum Gasteiger partial charge on any atom is 0.270 e. The van der Waals surface area contributed by atoms with Gasteiger partial charge in [0.2, 0.25) is 0 Å². The van der Waals surface area contributed by atoms with Crippen molar-refractivity contribution in [3.05, 3.63) is 56.9 Å². The third kappa shape index (κ3) is 5.07. The van der Waals surface area contributed by atoms with Crippen molar-refractivity contribution in [2.24, 2.45) is 0 Å². The molecule has 0 radical (unpaired) electrons. The standard InChI is InChI=1S/C21H19Cl2NO3S2/c1-3-9-27-17-8-5-13(10-18(17)26-4-2)11-19-20(25)24(21(28)29-19)16-7-6-14(22)12-15(16)23/h5-8,10-12H,3-4,9H2,1-2H3/b19-11+. The summed E-state index contributed by atoms with van der Waals surface area (Å²) in [7, 11) is 0. The van der Waals surface area contributed by atoms with Gasteiger partial charge in [0.25, 0.3) is 5.91 Å². The van der Waals surface area contributed by atoms with Crippen LogP contribution in [0.1, 0.15) is 25.8 Å². The summed E-state index contributed by atoms with van der Waals surface area (Å²) in [5, 5.41) is 0.861. The molecule has 0 aromatic heterocycles. The number of thioether (sulfide) groups is 1. The lowest BCUT2D eigenvalue weighted by atomic mass is 10.1. The summed E-state index contributed by atoms with van der Waals surface area (Å²) in [5.41, 5.74) is 1.33. The Bertz CT molecular complexity index is 978. The first-order valence-electron chi connectivity index (χ1n) is 9.07. The number of hydrogen-bond acceptors (Lipinski definition) is 5. The molecular weight excluding hydrogens is 449 g/mol. The molecule has 0 bridgehead atoms. The molecule has 0 N–H and O–H groups in total. The van der Waals surface area contributed by atoms with Crippen molar-refractivity contribution in [1.29, 1.82) is 0 Å². The highest BCUT2D eigenvalue weighted by atomic mass is 35.5.